The lowest BCUT2D eigenvalue weighted by Crippen LogP contribution is -2.47. The van der Waals surface area contributed by atoms with Crippen molar-refractivity contribution in [2.75, 3.05) is 18.4 Å². The highest BCUT2D eigenvalue weighted by atomic mass is 16.4. The highest BCUT2D eigenvalue weighted by Crippen LogP contribution is 2.32. The molecule has 2 aliphatic rings. The highest BCUT2D eigenvalue weighted by molar-refractivity contribution is 6.02. The first kappa shape index (κ1) is 19.2. The number of carbonyl (C=O) groups excluding carboxylic acids is 2. The van der Waals surface area contributed by atoms with Gasteiger partial charge in [0.15, 0.2) is 0 Å². The number of amides is 3. The van der Waals surface area contributed by atoms with Crippen molar-refractivity contribution in [1.29, 1.82) is 0 Å². The van der Waals surface area contributed by atoms with Crippen LogP contribution in [-0.4, -0.2) is 56.8 Å². The zero-order valence-electron chi connectivity index (χ0n) is 16.5. The summed E-state index contributed by atoms with van der Waals surface area (Å²) in [7, 11) is 1.84. The molecule has 29 heavy (non-hydrogen) atoms. The monoisotopic (exact) mass is 399 g/mol. The van der Waals surface area contributed by atoms with Crippen molar-refractivity contribution >= 4 is 34.5 Å². The minimum absolute atomic E-state index is 0.186. The molecule has 0 saturated carbocycles. The number of benzene rings is 1. The number of hydrogen-bond donors (Lipinski definition) is 3. The van der Waals surface area contributed by atoms with Gasteiger partial charge in [-0.25, -0.2) is 4.79 Å². The van der Waals surface area contributed by atoms with Crippen molar-refractivity contribution in [3.05, 3.63) is 23.9 Å². The second kappa shape index (κ2) is 7.38. The summed E-state index contributed by atoms with van der Waals surface area (Å²) in [5.74, 6) is -0.750. The van der Waals surface area contributed by atoms with E-state index < -0.39 is 12.0 Å². The molecular weight excluding hydrogens is 374 g/mol. The van der Waals surface area contributed by atoms with E-state index in [-0.39, 0.29) is 23.8 Å². The number of carboxylic acid groups (broad SMARTS) is 1. The first-order valence-electron chi connectivity index (χ1n) is 9.88. The molecule has 1 aromatic heterocycles. The average Bonchev–Trinajstić information content (AvgIpc) is 2.99. The van der Waals surface area contributed by atoms with Crippen LogP contribution in [0.4, 0.5) is 10.5 Å². The molecule has 2 fully saturated rings. The van der Waals surface area contributed by atoms with Gasteiger partial charge in [0.2, 0.25) is 11.8 Å². The van der Waals surface area contributed by atoms with Crippen LogP contribution in [0.1, 0.15) is 37.8 Å². The van der Waals surface area contributed by atoms with Crippen LogP contribution in [0.3, 0.4) is 0 Å². The summed E-state index contributed by atoms with van der Waals surface area (Å²) >= 11 is 0. The molecule has 2 aromatic rings. The standard InChI is InChI=1S/C20H25N5O4/c1-11-10-25(20(28)29)8-7-15(11)21-12-3-4-13-16(9-12)24(2)23-18(13)14-5-6-17(26)22-19(14)27/h3-4,9,11,14-15,21H,5-8,10H2,1-2H3,(H,28,29)(H,22,26,27)/t11-,14?,15-/m1/s1. The van der Waals surface area contributed by atoms with Crippen molar-refractivity contribution in [3.63, 3.8) is 0 Å². The Balaban J connectivity index is 1.55. The summed E-state index contributed by atoms with van der Waals surface area (Å²) in [5, 5.41) is 20.6. The van der Waals surface area contributed by atoms with Crippen molar-refractivity contribution in [2.45, 2.75) is 38.1 Å². The van der Waals surface area contributed by atoms with Gasteiger partial charge in [0, 0.05) is 43.7 Å². The zero-order chi connectivity index (χ0) is 20.7. The predicted molar refractivity (Wildman–Crippen MR) is 107 cm³/mol. The topological polar surface area (TPSA) is 117 Å². The van der Waals surface area contributed by atoms with Gasteiger partial charge >= 0.3 is 6.09 Å². The second-order valence-electron chi connectivity index (χ2n) is 7.99. The van der Waals surface area contributed by atoms with E-state index in [4.69, 9.17) is 0 Å². The van der Waals surface area contributed by atoms with Crippen molar-refractivity contribution < 1.29 is 19.5 Å². The molecule has 0 bridgehead atoms. The Labute approximate surface area is 168 Å². The van der Waals surface area contributed by atoms with Gasteiger partial charge < -0.3 is 15.3 Å². The van der Waals surface area contributed by atoms with Crippen molar-refractivity contribution in [3.8, 4) is 0 Å². The molecule has 3 amide bonds. The van der Waals surface area contributed by atoms with Gasteiger partial charge in [0.05, 0.1) is 17.1 Å². The SMILES string of the molecule is C[C@@H]1CN(C(=O)O)CC[C@H]1Nc1ccc2c(C3CCC(=O)NC3=O)nn(C)c2c1. The zero-order valence-corrected chi connectivity index (χ0v) is 16.5. The normalized spacial score (nSPS) is 25.2. The number of nitrogens with one attached hydrogen (secondary N) is 2. The van der Waals surface area contributed by atoms with Crippen LogP contribution in [0.25, 0.3) is 10.9 Å². The third-order valence-electron chi connectivity index (χ3n) is 5.98. The van der Waals surface area contributed by atoms with E-state index in [0.29, 0.717) is 31.6 Å². The number of aromatic nitrogens is 2. The van der Waals surface area contributed by atoms with E-state index in [1.807, 2.05) is 25.2 Å². The molecule has 3 N–H and O–H groups in total. The van der Waals surface area contributed by atoms with Crippen molar-refractivity contribution in [1.82, 2.24) is 20.0 Å². The molecule has 2 aliphatic heterocycles. The Morgan fingerprint density at radius 1 is 1.31 bits per heavy atom. The molecule has 0 radical (unpaired) electrons. The lowest BCUT2D eigenvalue weighted by molar-refractivity contribution is -0.134. The second-order valence-corrected chi connectivity index (χ2v) is 7.99. The number of carbonyl (C=O) groups is 3. The fourth-order valence-corrected chi connectivity index (χ4v) is 4.33. The lowest BCUT2D eigenvalue weighted by Gasteiger charge is -2.36. The number of likely N-dealkylation sites (tertiary alicyclic amines) is 1. The number of piperidine rings is 2. The van der Waals surface area contributed by atoms with E-state index in [0.717, 1.165) is 23.0 Å². The molecule has 3 atom stereocenters. The molecule has 154 valence electrons. The Morgan fingerprint density at radius 2 is 2.10 bits per heavy atom. The third kappa shape index (κ3) is 3.64. The van der Waals surface area contributed by atoms with Crippen LogP contribution in [0, 0.1) is 5.92 Å². The van der Waals surface area contributed by atoms with Gasteiger partial charge in [-0.2, -0.15) is 5.10 Å². The maximum atomic E-state index is 12.3. The number of anilines is 1. The minimum Gasteiger partial charge on any atom is -0.465 e. The molecule has 0 aliphatic carbocycles. The molecule has 1 aromatic carbocycles. The molecular formula is C20H25N5O4. The first-order valence-corrected chi connectivity index (χ1v) is 9.88. The van der Waals surface area contributed by atoms with Gasteiger partial charge in [-0.3, -0.25) is 19.6 Å². The maximum Gasteiger partial charge on any atom is 0.407 e. The fraction of sp³-hybridized carbons (Fsp3) is 0.500. The number of hydrogen-bond acceptors (Lipinski definition) is 5. The predicted octanol–water partition coefficient (Wildman–Crippen LogP) is 1.89. The summed E-state index contributed by atoms with van der Waals surface area (Å²) in [4.78, 5) is 36.3. The Hall–Kier alpha value is -3.10. The van der Waals surface area contributed by atoms with Gasteiger partial charge in [0.25, 0.3) is 0 Å². The molecule has 0 spiro atoms. The lowest BCUT2D eigenvalue weighted by atomic mass is 9.92. The van der Waals surface area contributed by atoms with Crippen molar-refractivity contribution in [2.24, 2.45) is 13.0 Å². The summed E-state index contributed by atoms with van der Waals surface area (Å²) < 4.78 is 1.76. The van der Waals surface area contributed by atoms with Crippen LogP contribution in [0.15, 0.2) is 18.2 Å². The summed E-state index contributed by atoms with van der Waals surface area (Å²) in [6.45, 7) is 3.09. The number of nitrogens with zero attached hydrogens (tertiary/aromatic N) is 3. The van der Waals surface area contributed by atoms with Crippen LogP contribution in [0.5, 0.6) is 0 Å². The van der Waals surface area contributed by atoms with Crippen LogP contribution in [-0.2, 0) is 16.6 Å². The van der Waals surface area contributed by atoms with Crippen LogP contribution in [0.2, 0.25) is 0 Å². The van der Waals surface area contributed by atoms with E-state index in [1.54, 1.807) is 4.68 Å². The first-order chi connectivity index (χ1) is 13.8. The molecule has 9 nitrogen and oxygen atoms in total. The van der Waals surface area contributed by atoms with E-state index in [2.05, 4.69) is 22.7 Å². The largest absolute Gasteiger partial charge is 0.465 e. The molecule has 2 saturated heterocycles. The number of rotatable bonds is 3. The molecule has 9 heteroatoms. The maximum absolute atomic E-state index is 12.3. The van der Waals surface area contributed by atoms with E-state index in [1.165, 1.54) is 4.90 Å². The van der Waals surface area contributed by atoms with E-state index in [9.17, 15) is 19.5 Å². The Morgan fingerprint density at radius 3 is 2.79 bits per heavy atom. The van der Waals surface area contributed by atoms with Gasteiger partial charge in [-0.1, -0.05) is 6.92 Å². The van der Waals surface area contributed by atoms with Crippen LogP contribution < -0.4 is 10.6 Å². The summed E-state index contributed by atoms with van der Waals surface area (Å²) in [6, 6.07) is 6.12. The summed E-state index contributed by atoms with van der Waals surface area (Å²) in [6.07, 6.45) is 0.670. The van der Waals surface area contributed by atoms with Crippen LogP contribution >= 0.6 is 0 Å². The smallest absolute Gasteiger partial charge is 0.407 e. The number of imide groups is 1. The highest BCUT2D eigenvalue weighted by Gasteiger charge is 2.32. The van der Waals surface area contributed by atoms with Gasteiger partial charge in [-0.15, -0.1) is 0 Å². The summed E-state index contributed by atoms with van der Waals surface area (Å²) in [5.41, 5.74) is 2.54. The molecule has 1 unspecified atom stereocenters. The minimum atomic E-state index is -0.868. The Kier molecular flexibility index (Phi) is 4.89. The number of aryl methyl sites for hydroxylation is 1. The number of fused-ring (bicyclic) bond motifs is 1. The quantitative estimate of drug-likeness (QED) is 0.679. The van der Waals surface area contributed by atoms with Gasteiger partial charge in [0.1, 0.15) is 0 Å². The van der Waals surface area contributed by atoms with Gasteiger partial charge in [-0.05, 0) is 37.0 Å². The van der Waals surface area contributed by atoms with E-state index >= 15 is 0 Å². The third-order valence-corrected chi connectivity index (χ3v) is 5.98. The average molecular weight is 399 g/mol. The molecule has 4 rings (SSSR count). The fourth-order valence-electron chi connectivity index (χ4n) is 4.33. The Bertz CT molecular complexity index is 985. The molecule has 3 heterocycles.